The first-order chi connectivity index (χ1) is 29.4. The summed E-state index contributed by atoms with van der Waals surface area (Å²) < 4.78 is 4.84. The molecule has 60 heavy (non-hydrogen) atoms. The molecule has 0 aliphatic rings. The van der Waals surface area contributed by atoms with E-state index in [1.165, 1.54) is 70.7 Å². The van der Waals surface area contributed by atoms with Crippen LogP contribution < -0.4 is 4.90 Å². The van der Waals surface area contributed by atoms with E-state index < -0.39 is 0 Å². The van der Waals surface area contributed by atoms with Gasteiger partial charge in [-0.3, -0.25) is 0 Å². The molecule has 9 aromatic carbocycles. The summed E-state index contributed by atoms with van der Waals surface area (Å²) in [4.78, 5) is 6.21. The second-order valence-corrected chi connectivity index (χ2v) is 17.1. The summed E-state index contributed by atoms with van der Waals surface area (Å²) in [5, 5.41) is 10.0. The molecule has 0 spiro atoms. The lowest BCUT2D eigenvalue weighted by Crippen LogP contribution is -2.13. The summed E-state index contributed by atoms with van der Waals surface area (Å²) in [5.74, 6) is 0. The molecular weight excluding hydrogens is 729 g/mol. The number of nitrogens with one attached hydrogen (secondary N) is 1. The molecule has 0 bridgehead atoms. The van der Waals surface area contributed by atoms with Crippen molar-refractivity contribution in [3.63, 3.8) is 0 Å². The first-order valence-electron chi connectivity index (χ1n) is 20.9. The molecule has 4 nitrogen and oxygen atoms in total. The number of anilines is 3. The van der Waals surface area contributed by atoms with Gasteiger partial charge in [0.25, 0.3) is 0 Å². The summed E-state index contributed by atoms with van der Waals surface area (Å²) in [6, 6.07) is 71.2. The van der Waals surface area contributed by atoms with Crippen LogP contribution in [-0.4, -0.2) is 14.1 Å². The predicted octanol–water partition coefficient (Wildman–Crippen LogP) is 15.4. The number of aromatic amines is 1. The average molecular weight is 771 g/mol. The maximum absolute atomic E-state index is 3.83. The third-order valence-electron chi connectivity index (χ3n) is 12.6. The van der Waals surface area contributed by atoms with E-state index >= 15 is 0 Å². The van der Waals surface area contributed by atoms with Crippen LogP contribution in [-0.2, 0) is 5.41 Å². The molecule has 0 saturated carbocycles. The van der Waals surface area contributed by atoms with Crippen LogP contribution >= 0.6 is 0 Å². The van der Waals surface area contributed by atoms with E-state index in [1.807, 2.05) is 0 Å². The third-order valence-corrected chi connectivity index (χ3v) is 12.6. The molecule has 0 unspecified atom stereocenters. The third kappa shape index (κ3) is 5.17. The van der Waals surface area contributed by atoms with Crippen molar-refractivity contribution in [2.45, 2.75) is 26.2 Å². The van der Waals surface area contributed by atoms with Gasteiger partial charge in [0.1, 0.15) is 0 Å². The van der Waals surface area contributed by atoms with Crippen LogP contribution in [0.3, 0.4) is 0 Å². The fourth-order valence-corrected chi connectivity index (χ4v) is 9.72. The Hall–Kier alpha value is -7.56. The number of nitrogens with zero attached hydrogens (tertiary/aromatic N) is 3. The molecule has 286 valence electrons. The molecule has 0 aliphatic heterocycles. The van der Waals surface area contributed by atoms with Gasteiger partial charge in [-0.15, -0.1) is 0 Å². The van der Waals surface area contributed by atoms with E-state index in [1.54, 1.807) is 0 Å². The molecule has 0 atom stereocenters. The molecule has 12 rings (SSSR count). The van der Waals surface area contributed by atoms with Gasteiger partial charge in [-0.1, -0.05) is 130 Å². The topological polar surface area (TPSA) is 28.9 Å². The number of benzene rings is 9. The van der Waals surface area contributed by atoms with Gasteiger partial charge in [0, 0.05) is 66.3 Å². The number of H-pyrrole nitrogens is 1. The summed E-state index contributed by atoms with van der Waals surface area (Å²) in [5.41, 5.74) is 14.0. The van der Waals surface area contributed by atoms with Gasteiger partial charge in [-0.05, 0) is 107 Å². The Balaban J connectivity index is 1.03. The Labute approximate surface area is 348 Å². The SMILES string of the molecule is CC(C)(C)c1ccc(N(c2ccc(-n3c4ccccc4c4ccccc43)cc2)c2ccc(-n3c4ccc5ccccc5c4c4ccc5c6ccccc6[nH]c5c43)cc2)cc1. The van der Waals surface area contributed by atoms with Gasteiger partial charge in [0.05, 0.1) is 27.6 Å². The number of fused-ring (bicyclic) bond motifs is 12. The van der Waals surface area contributed by atoms with Gasteiger partial charge in [-0.25, -0.2) is 0 Å². The lowest BCUT2D eigenvalue weighted by atomic mass is 9.87. The van der Waals surface area contributed by atoms with Gasteiger partial charge >= 0.3 is 0 Å². The number of hydrogen-bond acceptors (Lipinski definition) is 1. The fraction of sp³-hybridized carbons (Fsp3) is 0.0714. The normalized spacial score (nSPS) is 12.2. The predicted molar refractivity (Wildman–Crippen MR) is 255 cm³/mol. The molecule has 1 N–H and O–H groups in total. The minimum Gasteiger partial charge on any atom is -0.353 e. The summed E-state index contributed by atoms with van der Waals surface area (Å²) in [6.07, 6.45) is 0. The van der Waals surface area contributed by atoms with Crippen LogP contribution in [0.25, 0.3) is 87.6 Å². The Morgan fingerprint density at radius 1 is 0.400 bits per heavy atom. The zero-order valence-electron chi connectivity index (χ0n) is 33.8. The number of aromatic nitrogens is 3. The van der Waals surface area contributed by atoms with Crippen molar-refractivity contribution in [2.24, 2.45) is 0 Å². The Kier molecular flexibility index (Phi) is 7.45. The Morgan fingerprint density at radius 3 is 1.55 bits per heavy atom. The van der Waals surface area contributed by atoms with Crippen LogP contribution in [0, 0.1) is 0 Å². The highest BCUT2D eigenvalue weighted by molar-refractivity contribution is 6.27. The van der Waals surface area contributed by atoms with E-state index in [-0.39, 0.29) is 5.41 Å². The lowest BCUT2D eigenvalue weighted by Gasteiger charge is -2.27. The molecule has 0 aliphatic carbocycles. The molecule has 0 saturated heterocycles. The van der Waals surface area contributed by atoms with E-state index in [2.05, 4.69) is 234 Å². The second-order valence-electron chi connectivity index (χ2n) is 17.1. The average Bonchev–Trinajstić information content (AvgIpc) is 3.95. The van der Waals surface area contributed by atoms with Crippen molar-refractivity contribution in [2.75, 3.05) is 4.90 Å². The first kappa shape index (κ1) is 34.5. The van der Waals surface area contributed by atoms with E-state index in [0.29, 0.717) is 0 Å². The number of rotatable bonds is 5. The molecule has 3 heterocycles. The van der Waals surface area contributed by atoms with Gasteiger partial charge in [0.2, 0.25) is 0 Å². The molecular formula is C56H42N4. The van der Waals surface area contributed by atoms with E-state index in [9.17, 15) is 0 Å². The van der Waals surface area contributed by atoms with Crippen molar-refractivity contribution < 1.29 is 0 Å². The fourth-order valence-electron chi connectivity index (χ4n) is 9.72. The van der Waals surface area contributed by atoms with Gasteiger partial charge in [0.15, 0.2) is 0 Å². The molecule has 12 aromatic rings. The van der Waals surface area contributed by atoms with Crippen LogP contribution in [0.4, 0.5) is 17.1 Å². The van der Waals surface area contributed by atoms with Crippen LogP contribution in [0.1, 0.15) is 26.3 Å². The highest BCUT2D eigenvalue weighted by Crippen LogP contribution is 2.43. The molecule has 3 aromatic heterocycles. The van der Waals surface area contributed by atoms with Crippen molar-refractivity contribution in [1.82, 2.24) is 14.1 Å². The summed E-state index contributed by atoms with van der Waals surface area (Å²) in [6.45, 7) is 6.81. The zero-order valence-corrected chi connectivity index (χ0v) is 33.8. The number of para-hydroxylation sites is 3. The molecule has 0 amide bonds. The lowest BCUT2D eigenvalue weighted by molar-refractivity contribution is 0.590. The highest BCUT2D eigenvalue weighted by atomic mass is 15.1. The minimum absolute atomic E-state index is 0.0546. The Bertz CT molecular complexity index is 3560. The van der Waals surface area contributed by atoms with Crippen molar-refractivity contribution in [3.8, 4) is 11.4 Å². The minimum atomic E-state index is 0.0546. The first-order valence-corrected chi connectivity index (χ1v) is 20.9. The smallest absolute Gasteiger partial charge is 0.0783 e. The van der Waals surface area contributed by atoms with E-state index in [4.69, 9.17) is 0 Å². The quantitative estimate of drug-likeness (QED) is 0.186. The summed E-state index contributed by atoms with van der Waals surface area (Å²) in [7, 11) is 0. The second kappa shape index (κ2) is 13.0. The summed E-state index contributed by atoms with van der Waals surface area (Å²) >= 11 is 0. The van der Waals surface area contributed by atoms with Crippen molar-refractivity contribution >= 4 is 93.3 Å². The van der Waals surface area contributed by atoms with Gasteiger partial charge < -0.3 is 19.0 Å². The van der Waals surface area contributed by atoms with Gasteiger partial charge in [-0.2, -0.15) is 0 Å². The monoisotopic (exact) mass is 770 g/mol. The maximum atomic E-state index is 3.83. The Morgan fingerprint density at radius 2 is 0.917 bits per heavy atom. The maximum Gasteiger partial charge on any atom is 0.0783 e. The number of hydrogen-bond donors (Lipinski definition) is 1. The molecule has 0 radical (unpaired) electrons. The van der Waals surface area contributed by atoms with Crippen molar-refractivity contribution in [3.05, 3.63) is 200 Å². The largest absolute Gasteiger partial charge is 0.353 e. The van der Waals surface area contributed by atoms with E-state index in [0.717, 1.165) is 39.5 Å². The zero-order chi connectivity index (χ0) is 40.1. The van der Waals surface area contributed by atoms with Crippen LogP contribution in [0.15, 0.2) is 194 Å². The highest BCUT2D eigenvalue weighted by Gasteiger charge is 2.21. The van der Waals surface area contributed by atoms with Crippen LogP contribution in [0.2, 0.25) is 0 Å². The molecule has 0 fully saturated rings. The standard InChI is InChI=1S/C56H42N4/c1-56(2,3)37-21-23-38(24-22-37)58(39-25-29-41(30-26-39)59-50-18-10-7-15-45(50)46-16-8-11-19-51(46)59)40-27-31-42(32-28-40)60-52-35-20-36-12-4-5-13-43(36)53(52)48-34-33-47-44-14-6-9-17-49(44)57-54(47)55(48)60/h4-35,57H,1-3H3. The van der Waals surface area contributed by atoms with Crippen molar-refractivity contribution in [1.29, 1.82) is 0 Å². The van der Waals surface area contributed by atoms with Crippen LogP contribution in [0.5, 0.6) is 0 Å². The molecule has 4 heteroatoms.